The molecule has 1 unspecified atom stereocenters. The molecule has 2 N–H and O–H groups in total. The molecule has 0 aliphatic rings. The van der Waals surface area contributed by atoms with Gasteiger partial charge in [-0.05, 0) is 18.6 Å². The van der Waals surface area contributed by atoms with Crippen LogP contribution in [0.2, 0.25) is 5.02 Å². The summed E-state index contributed by atoms with van der Waals surface area (Å²) in [6.45, 7) is 2.11. The topological polar surface area (TPSA) is 64.9 Å². The molecule has 20 heavy (non-hydrogen) atoms. The highest BCUT2D eigenvalue weighted by atomic mass is 35.5. The number of hydrogen-bond donors (Lipinski definition) is 1. The molecule has 0 bridgehead atoms. The van der Waals surface area contributed by atoms with Crippen LogP contribution in [-0.4, -0.2) is 16.2 Å². The Labute approximate surface area is 128 Å². The van der Waals surface area contributed by atoms with Crippen LogP contribution >= 0.6 is 23.4 Å². The summed E-state index contributed by atoms with van der Waals surface area (Å²) in [5, 5.41) is 4.71. The molecule has 1 heterocycles. The summed E-state index contributed by atoms with van der Waals surface area (Å²) in [5.41, 5.74) is 5.96. The minimum absolute atomic E-state index is 0.0875. The van der Waals surface area contributed by atoms with E-state index in [2.05, 4.69) is 17.1 Å². The van der Waals surface area contributed by atoms with E-state index in [1.807, 2.05) is 24.3 Å². The normalized spacial score (nSPS) is 12.6. The average molecular weight is 312 g/mol. The molecule has 0 fully saturated rings. The van der Waals surface area contributed by atoms with Gasteiger partial charge < -0.3 is 10.3 Å². The second-order valence-electron chi connectivity index (χ2n) is 4.58. The van der Waals surface area contributed by atoms with Crippen molar-refractivity contribution in [3.8, 4) is 0 Å². The third kappa shape index (κ3) is 4.51. The van der Waals surface area contributed by atoms with Gasteiger partial charge in [-0.2, -0.15) is 4.98 Å². The van der Waals surface area contributed by atoms with Gasteiger partial charge in [0.15, 0.2) is 5.82 Å². The smallest absolute Gasteiger partial charge is 0.228 e. The largest absolute Gasteiger partial charge is 0.339 e. The monoisotopic (exact) mass is 311 g/mol. The highest BCUT2D eigenvalue weighted by molar-refractivity contribution is 7.98. The van der Waals surface area contributed by atoms with Crippen LogP contribution in [0.25, 0.3) is 0 Å². The van der Waals surface area contributed by atoms with Crippen LogP contribution < -0.4 is 5.73 Å². The van der Waals surface area contributed by atoms with E-state index < -0.39 is 0 Å². The van der Waals surface area contributed by atoms with Gasteiger partial charge in [-0.3, -0.25) is 0 Å². The predicted octanol–water partition coefficient (Wildman–Crippen LogP) is 3.69. The van der Waals surface area contributed by atoms with Gasteiger partial charge in [0.1, 0.15) is 0 Å². The maximum Gasteiger partial charge on any atom is 0.228 e. The van der Waals surface area contributed by atoms with Gasteiger partial charge in [0.05, 0.1) is 10.8 Å². The summed E-state index contributed by atoms with van der Waals surface area (Å²) < 4.78 is 5.21. The Morgan fingerprint density at radius 3 is 2.95 bits per heavy atom. The van der Waals surface area contributed by atoms with Crippen molar-refractivity contribution in [2.45, 2.75) is 42.9 Å². The van der Waals surface area contributed by atoms with Crippen LogP contribution in [0, 0.1) is 0 Å². The first-order valence-electron chi connectivity index (χ1n) is 6.63. The molecule has 0 amide bonds. The number of thioether (sulfide) groups is 1. The number of benzene rings is 1. The Hall–Kier alpha value is -1.04. The van der Waals surface area contributed by atoms with Crippen molar-refractivity contribution in [2.75, 3.05) is 0 Å². The molecule has 0 saturated carbocycles. The standard InChI is InChI=1S/C14H18ClN3OS/c1-2-5-10(16)8-14-17-13(18-19-14)9-20-12-7-4-3-6-11(12)15/h3-4,6-7,10H,2,5,8-9,16H2,1H3. The van der Waals surface area contributed by atoms with Crippen LogP contribution in [0.1, 0.15) is 31.5 Å². The van der Waals surface area contributed by atoms with Crippen LogP contribution in [0.4, 0.5) is 0 Å². The van der Waals surface area contributed by atoms with Gasteiger partial charge in [0.25, 0.3) is 0 Å². The SMILES string of the molecule is CCCC(N)Cc1nc(CSc2ccccc2Cl)no1. The number of rotatable bonds is 7. The zero-order chi connectivity index (χ0) is 14.4. The molecule has 1 aromatic heterocycles. The van der Waals surface area contributed by atoms with E-state index in [4.69, 9.17) is 21.9 Å². The highest BCUT2D eigenvalue weighted by Gasteiger charge is 2.11. The quantitative estimate of drug-likeness (QED) is 0.790. The lowest BCUT2D eigenvalue weighted by Crippen LogP contribution is -2.22. The van der Waals surface area contributed by atoms with Crippen molar-refractivity contribution in [1.29, 1.82) is 0 Å². The summed E-state index contributed by atoms with van der Waals surface area (Å²) in [6, 6.07) is 7.80. The Morgan fingerprint density at radius 1 is 1.40 bits per heavy atom. The zero-order valence-electron chi connectivity index (χ0n) is 11.4. The second-order valence-corrected chi connectivity index (χ2v) is 6.00. The van der Waals surface area contributed by atoms with Crippen molar-refractivity contribution in [3.63, 3.8) is 0 Å². The lowest BCUT2D eigenvalue weighted by atomic mass is 10.1. The molecule has 2 rings (SSSR count). The van der Waals surface area contributed by atoms with E-state index >= 15 is 0 Å². The lowest BCUT2D eigenvalue weighted by molar-refractivity contribution is 0.362. The summed E-state index contributed by atoms with van der Waals surface area (Å²) in [4.78, 5) is 5.37. The van der Waals surface area contributed by atoms with E-state index in [0.717, 1.165) is 22.8 Å². The van der Waals surface area contributed by atoms with Crippen LogP contribution in [0.3, 0.4) is 0 Å². The third-order valence-corrected chi connectivity index (χ3v) is 4.31. The van der Waals surface area contributed by atoms with E-state index in [1.165, 1.54) is 0 Å². The fourth-order valence-corrected chi connectivity index (χ4v) is 2.91. The van der Waals surface area contributed by atoms with E-state index in [-0.39, 0.29) is 6.04 Å². The number of halogens is 1. The van der Waals surface area contributed by atoms with Gasteiger partial charge >= 0.3 is 0 Å². The van der Waals surface area contributed by atoms with Crippen LogP contribution in [-0.2, 0) is 12.2 Å². The average Bonchev–Trinajstić information content (AvgIpc) is 2.85. The van der Waals surface area contributed by atoms with E-state index in [0.29, 0.717) is 23.9 Å². The predicted molar refractivity (Wildman–Crippen MR) is 81.9 cm³/mol. The maximum atomic E-state index is 6.10. The summed E-state index contributed by atoms with van der Waals surface area (Å²) in [7, 11) is 0. The number of aromatic nitrogens is 2. The minimum Gasteiger partial charge on any atom is -0.339 e. The van der Waals surface area contributed by atoms with Gasteiger partial charge in [-0.25, -0.2) is 0 Å². The van der Waals surface area contributed by atoms with Gasteiger partial charge in [-0.1, -0.05) is 42.2 Å². The van der Waals surface area contributed by atoms with Gasteiger partial charge in [-0.15, -0.1) is 11.8 Å². The molecular formula is C14H18ClN3OS. The number of nitrogens with two attached hydrogens (primary N) is 1. The highest BCUT2D eigenvalue weighted by Crippen LogP contribution is 2.28. The first-order valence-corrected chi connectivity index (χ1v) is 7.99. The Balaban J connectivity index is 1.88. The van der Waals surface area contributed by atoms with Crippen LogP contribution in [0.5, 0.6) is 0 Å². The van der Waals surface area contributed by atoms with E-state index in [9.17, 15) is 0 Å². The molecular weight excluding hydrogens is 294 g/mol. The molecule has 0 radical (unpaired) electrons. The lowest BCUT2D eigenvalue weighted by Gasteiger charge is -2.05. The summed E-state index contributed by atoms with van der Waals surface area (Å²) in [5.74, 6) is 1.92. The minimum atomic E-state index is 0.0875. The molecule has 6 heteroatoms. The molecule has 0 aliphatic heterocycles. The van der Waals surface area contributed by atoms with E-state index in [1.54, 1.807) is 11.8 Å². The molecule has 1 aromatic carbocycles. The third-order valence-electron chi connectivity index (χ3n) is 2.80. The van der Waals surface area contributed by atoms with Crippen molar-refractivity contribution in [1.82, 2.24) is 10.1 Å². The fraction of sp³-hybridized carbons (Fsp3) is 0.429. The Bertz CT molecular complexity index is 547. The molecule has 0 aliphatic carbocycles. The first kappa shape index (κ1) is 15.4. The zero-order valence-corrected chi connectivity index (χ0v) is 13.0. The second kappa shape index (κ2) is 7.67. The van der Waals surface area contributed by atoms with Crippen molar-refractivity contribution in [3.05, 3.63) is 41.0 Å². The molecule has 108 valence electrons. The van der Waals surface area contributed by atoms with Gasteiger partial charge in [0.2, 0.25) is 5.89 Å². The van der Waals surface area contributed by atoms with Gasteiger partial charge in [0, 0.05) is 17.4 Å². The molecule has 1 atom stereocenters. The maximum absolute atomic E-state index is 6.10. The first-order chi connectivity index (χ1) is 9.69. The Kier molecular flexibility index (Phi) is 5.88. The van der Waals surface area contributed by atoms with Crippen LogP contribution in [0.15, 0.2) is 33.7 Å². The number of hydrogen-bond acceptors (Lipinski definition) is 5. The van der Waals surface area contributed by atoms with Crippen molar-refractivity contribution in [2.24, 2.45) is 5.73 Å². The molecule has 0 spiro atoms. The summed E-state index contributed by atoms with van der Waals surface area (Å²) in [6.07, 6.45) is 2.66. The Morgan fingerprint density at radius 2 is 2.20 bits per heavy atom. The van der Waals surface area contributed by atoms with Crippen molar-refractivity contribution >= 4 is 23.4 Å². The number of nitrogens with zero attached hydrogens (tertiary/aromatic N) is 2. The fourth-order valence-electron chi connectivity index (χ4n) is 1.83. The molecule has 4 nitrogen and oxygen atoms in total. The van der Waals surface area contributed by atoms with Crippen molar-refractivity contribution < 1.29 is 4.52 Å². The molecule has 0 saturated heterocycles. The summed E-state index contributed by atoms with van der Waals surface area (Å²) >= 11 is 7.69. The molecule has 2 aromatic rings.